The first-order valence-electron chi connectivity index (χ1n) is 7.59. The van der Waals surface area contributed by atoms with Crippen molar-refractivity contribution in [3.8, 4) is 5.88 Å². The average molecular weight is 372 g/mol. The Labute approximate surface area is 149 Å². The molecule has 0 spiro atoms. The normalized spacial score (nSPS) is 14.5. The molecule has 1 aliphatic rings. The van der Waals surface area contributed by atoms with E-state index >= 15 is 0 Å². The van der Waals surface area contributed by atoms with Crippen molar-refractivity contribution >= 4 is 33.7 Å². The van der Waals surface area contributed by atoms with E-state index in [4.69, 9.17) is 4.84 Å². The van der Waals surface area contributed by atoms with Crippen LogP contribution in [-0.2, 0) is 4.84 Å². The Morgan fingerprint density at radius 1 is 1.26 bits per heavy atom. The first-order chi connectivity index (χ1) is 12.9. The smallest absolute Gasteiger partial charge is 0.270 e. The summed E-state index contributed by atoms with van der Waals surface area (Å²) in [5.74, 6) is -2.50. The molecule has 0 unspecified atom stereocenters. The number of aliphatic imine (C=N–C) groups is 1. The number of nitrogens with one attached hydrogen (secondary N) is 1. The molecule has 10 heteroatoms. The lowest BCUT2D eigenvalue weighted by atomic mass is 10.0. The Balaban J connectivity index is 1.99. The van der Waals surface area contributed by atoms with Crippen LogP contribution in [0.5, 0.6) is 5.88 Å². The number of nitro groups is 1. The first-order valence-corrected chi connectivity index (χ1v) is 7.59. The Morgan fingerprint density at radius 3 is 2.70 bits per heavy atom. The van der Waals surface area contributed by atoms with Crippen molar-refractivity contribution in [2.75, 3.05) is 7.11 Å². The quantitative estimate of drug-likeness (QED) is 0.541. The molecule has 136 valence electrons. The molecule has 4 rings (SSSR count). The standard InChI is InChI=1S/C17H10F2N4O4/c1-27-22-15-9-5-10(18)11(19)6-13(9)20-16(15)14-8-4-7(23(25)26)2-3-12(8)21-17(14)24/h2-6,21,24H,1H3/b22-15+. The number of aromatic amines is 1. The molecule has 2 aromatic carbocycles. The van der Waals surface area contributed by atoms with Gasteiger partial charge >= 0.3 is 0 Å². The maximum atomic E-state index is 13.7. The molecule has 0 radical (unpaired) electrons. The lowest BCUT2D eigenvalue weighted by Crippen LogP contribution is -2.13. The van der Waals surface area contributed by atoms with E-state index in [0.717, 1.165) is 12.1 Å². The minimum atomic E-state index is -1.09. The fourth-order valence-electron chi connectivity index (χ4n) is 3.00. The largest absolute Gasteiger partial charge is 0.494 e. The topological polar surface area (TPSA) is 113 Å². The van der Waals surface area contributed by atoms with E-state index in [1.807, 2.05) is 0 Å². The van der Waals surface area contributed by atoms with Gasteiger partial charge in [0.2, 0.25) is 0 Å². The van der Waals surface area contributed by atoms with Crippen LogP contribution in [-0.4, -0.2) is 33.5 Å². The summed E-state index contributed by atoms with van der Waals surface area (Å²) in [6.07, 6.45) is 0. The van der Waals surface area contributed by atoms with E-state index in [1.54, 1.807) is 0 Å². The molecule has 1 aromatic heterocycles. The Hall–Kier alpha value is -3.82. The van der Waals surface area contributed by atoms with E-state index < -0.39 is 16.6 Å². The molecule has 1 aliphatic heterocycles. The molecule has 0 aliphatic carbocycles. The number of aromatic nitrogens is 1. The molecule has 0 bridgehead atoms. The SMILES string of the molecule is CO/N=C1/C(c2c(O)[nH]c3ccc([N+](=O)[O-])cc23)=Nc2cc(F)c(F)cc21. The van der Waals surface area contributed by atoms with Crippen LogP contribution in [0.3, 0.4) is 0 Å². The third-order valence-corrected chi connectivity index (χ3v) is 4.14. The molecule has 3 aromatic rings. The van der Waals surface area contributed by atoms with Crippen LogP contribution in [0.25, 0.3) is 10.9 Å². The zero-order valence-corrected chi connectivity index (χ0v) is 13.7. The van der Waals surface area contributed by atoms with E-state index in [9.17, 15) is 24.0 Å². The number of oxime groups is 1. The van der Waals surface area contributed by atoms with Crippen molar-refractivity contribution < 1.29 is 23.6 Å². The highest BCUT2D eigenvalue weighted by atomic mass is 19.2. The molecule has 0 amide bonds. The highest BCUT2D eigenvalue weighted by Gasteiger charge is 2.31. The van der Waals surface area contributed by atoms with Crippen molar-refractivity contribution in [1.82, 2.24) is 4.98 Å². The maximum Gasteiger partial charge on any atom is 0.270 e. The van der Waals surface area contributed by atoms with E-state index in [-0.39, 0.29) is 39.8 Å². The third-order valence-electron chi connectivity index (χ3n) is 4.14. The number of nitro benzene ring substituents is 1. The van der Waals surface area contributed by atoms with Gasteiger partial charge in [0.1, 0.15) is 18.5 Å². The molecule has 2 N–H and O–H groups in total. The summed E-state index contributed by atoms with van der Waals surface area (Å²) in [6, 6.07) is 5.80. The lowest BCUT2D eigenvalue weighted by molar-refractivity contribution is -0.384. The molecule has 0 saturated carbocycles. The van der Waals surface area contributed by atoms with Crippen LogP contribution in [0.15, 0.2) is 40.5 Å². The van der Waals surface area contributed by atoms with Crippen LogP contribution < -0.4 is 0 Å². The van der Waals surface area contributed by atoms with Gasteiger partial charge in [-0.05, 0) is 12.1 Å². The van der Waals surface area contributed by atoms with Crippen molar-refractivity contribution in [3.05, 3.63) is 63.2 Å². The maximum absolute atomic E-state index is 13.7. The second kappa shape index (κ2) is 5.87. The Kier molecular flexibility index (Phi) is 3.62. The summed E-state index contributed by atoms with van der Waals surface area (Å²) in [5.41, 5.74) is 0.739. The number of H-pyrrole nitrogens is 1. The Bertz CT molecular complexity index is 1180. The van der Waals surface area contributed by atoms with Crippen molar-refractivity contribution in [1.29, 1.82) is 0 Å². The second-order valence-electron chi connectivity index (χ2n) is 5.70. The van der Waals surface area contributed by atoms with Crippen LogP contribution >= 0.6 is 0 Å². The molecule has 0 atom stereocenters. The predicted molar refractivity (Wildman–Crippen MR) is 92.7 cm³/mol. The van der Waals surface area contributed by atoms with Gasteiger partial charge in [-0.15, -0.1) is 0 Å². The molecular weight excluding hydrogens is 362 g/mol. The number of hydrogen-bond acceptors (Lipinski definition) is 6. The molecule has 8 nitrogen and oxygen atoms in total. The molecule has 27 heavy (non-hydrogen) atoms. The molecular formula is C17H10F2N4O4. The van der Waals surface area contributed by atoms with Crippen LogP contribution in [0.1, 0.15) is 11.1 Å². The van der Waals surface area contributed by atoms with Gasteiger partial charge in [-0.3, -0.25) is 10.1 Å². The van der Waals surface area contributed by atoms with Crippen molar-refractivity contribution in [2.24, 2.45) is 10.1 Å². The monoisotopic (exact) mass is 372 g/mol. The fourth-order valence-corrected chi connectivity index (χ4v) is 3.00. The number of rotatable bonds is 3. The molecule has 2 heterocycles. The van der Waals surface area contributed by atoms with Crippen LogP contribution in [0.4, 0.5) is 20.2 Å². The lowest BCUT2D eigenvalue weighted by Gasteiger charge is -2.04. The predicted octanol–water partition coefficient (Wildman–Crippen LogP) is 3.54. The summed E-state index contributed by atoms with van der Waals surface area (Å²) in [4.78, 5) is 22.2. The highest BCUT2D eigenvalue weighted by molar-refractivity contribution is 6.58. The van der Waals surface area contributed by atoms with Gasteiger partial charge in [0.25, 0.3) is 5.69 Å². The van der Waals surface area contributed by atoms with E-state index in [1.165, 1.54) is 25.3 Å². The van der Waals surface area contributed by atoms with Crippen molar-refractivity contribution in [3.63, 3.8) is 0 Å². The van der Waals surface area contributed by atoms with E-state index in [2.05, 4.69) is 15.1 Å². The highest BCUT2D eigenvalue weighted by Crippen LogP contribution is 2.37. The minimum Gasteiger partial charge on any atom is -0.494 e. The van der Waals surface area contributed by atoms with E-state index in [0.29, 0.717) is 10.9 Å². The van der Waals surface area contributed by atoms with Gasteiger partial charge in [0, 0.05) is 34.7 Å². The zero-order valence-electron chi connectivity index (χ0n) is 13.7. The summed E-state index contributed by atoms with van der Waals surface area (Å²) in [7, 11) is 1.27. The summed E-state index contributed by atoms with van der Waals surface area (Å²) < 4.78 is 27.3. The summed E-state index contributed by atoms with van der Waals surface area (Å²) in [6.45, 7) is 0. The van der Waals surface area contributed by atoms with Gasteiger partial charge in [-0.1, -0.05) is 5.16 Å². The third kappa shape index (κ3) is 2.49. The van der Waals surface area contributed by atoms with Gasteiger partial charge in [-0.25, -0.2) is 13.8 Å². The van der Waals surface area contributed by atoms with Gasteiger partial charge in [-0.2, -0.15) is 0 Å². The Morgan fingerprint density at radius 2 is 2.00 bits per heavy atom. The average Bonchev–Trinajstić information content (AvgIpc) is 3.12. The van der Waals surface area contributed by atoms with Gasteiger partial charge in [0.05, 0.1) is 16.2 Å². The summed E-state index contributed by atoms with van der Waals surface area (Å²) in [5, 5.41) is 25.5. The van der Waals surface area contributed by atoms with Crippen LogP contribution in [0.2, 0.25) is 0 Å². The van der Waals surface area contributed by atoms with Crippen molar-refractivity contribution in [2.45, 2.75) is 0 Å². The number of aromatic hydroxyl groups is 1. The zero-order chi connectivity index (χ0) is 19.3. The molecule has 0 saturated heterocycles. The number of hydrogen-bond donors (Lipinski definition) is 2. The second-order valence-corrected chi connectivity index (χ2v) is 5.70. The van der Waals surface area contributed by atoms with Gasteiger partial charge in [0.15, 0.2) is 17.5 Å². The molecule has 0 fully saturated rings. The van der Waals surface area contributed by atoms with Gasteiger partial charge < -0.3 is 14.9 Å². The number of halogens is 2. The fraction of sp³-hybridized carbons (Fsp3) is 0.0588. The number of nitrogens with zero attached hydrogens (tertiary/aromatic N) is 3. The number of benzene rings is 2. The summed E-state index contributed by atoms with van der Waals surface area (Å²) >= 11 is 0. The first kappa shape index (κ1) is 16.6. The van der Waals surface area contributed by atoms with Crippen LogP contribution in [0, 0.1) is 21.7 Å². The number of non-ortho nitro benzene ring substituents is 1. The number of fused-ring (bicyclic) bond motifs is 2. The minimum absolute atomic E-state index is 0.0640.